The third-order valence-electron chi connectivity index (χ3n) is 6.27. The van der Waals surface area contributed by atoms with Gasteiger partial charge in [0, 0.05) is 54.0 Å². The van der Waals surface area contributed by atoms with Gasteiger partial charge in [0.15, 0.2) is 0 Å². The number of urea groups is 1. The molecule has 3 amide bonds. The number of nitrogens with two attached hydrogens (primary N) is 1. The summed E-state index contributed by atoms with van der Waals surface area (Å²) in [7, 11) is 0. The van der Waals surface area contributed by atoms with E-state index in [1.807, 2.05) is 42.5 Å². The Bertz CT molecular complexity index is 1220. The normalized spacial score (nSPS) is 18.5. The van der Waals surface area contributed by atoms with Crippen molar-refractivity contribution in [2.45, 2.75) is 18.9 Å². The van der Waals surface area contributed by atoms with Crippen LogP contribution >= 0.6 is 11.6 Å². The number of fused-ring (bicyclic) bond motifs is 2. The Morgan fingerprint density at radius 3 is 2.73 bits per heavy atom. The van der Waals surface area contributed by atoms with Gasteiger partial charge in [-0.25, -0.2) is 9.78 Å². The van der Waals surface area contributed by atoms with E-state index in [1.54, 1.807) is 11.0 Å². The molecule has 5 rings (SSSR count). The molecule has 0 saturated carbocycles. The summed E-state index contributed by atoms with van der Waals surface area (Å²) < 4.78 is 0. The molecule has 1 aromatic heterocycles. The summed E-state index contributed by atoms with van der Waals surface area (Å²) in [5.74, 6) is 0.254. The Kier molecular flexibility index (Phi) is 5.68. The van der Waals surface area contributed by atoms with Crippen LogP contribution in [-0.4, -0.2) is 54.0 Å². The van der Waals surface area contributed by atoms with Gasteiger partial charge < -0.3 is 26.2 Å². The van der Waals surface area contributed by atoms with Gasteiger partial charge in [-0.15, -0.1) is 0 Å². The number of hydrogen-bond acceptors (Lipinski definition) is 5. The highest BCUT2D eigenvalue weighted by Crippen LogP contribution is 2.30. The first-order valence-electron chi connectivity index (χ1n) is 11.0. The second-order valence-electron chi connectivity index (χ2n) is 8.39. The summed E-state index contributed by atoms with van der Waals surface area (Å²) in [5, 5.41) is 7.44. The molecule has 0 radical (unpaired) electrons. The third kappa shape index (κ3) is 4.39. The van der Waals surface area contributed by atoms with E-state index in [2.05, 4.69) is 20.5 Å². The van der Waals surface area contributed by atoms with Gasteiger partial charge in [0.25, 0.3) is 0 Å². The van der Waals surface area contributed by atoms with Gasteiger partial charge >= 0.3 is 6.03 Å². The molecule has 1 atom stereocenters. The average molecular weight is 465 g/mol. The lowest BCUT2D eigenvalue weighted by molar-refractivity contribution is -0.118. The van der Waals surface area contributed by atoms with E-state index in [-0.39, 0.29) is 11.9 Å². The maximum absolute atomic E-state index is 12.9. The molecular formula is C24H25ClN6O2. The zero-order valence-corrected chi connectivity index (χ0v) is 18.8. The van der Waals surface area contributed by atoms with Crippen LogP contribution in [0, 0.1) is 0 Å². The molecule has 8 nitrogen and oxygen atoms in total. The van der Waals surface area contributed by atoms with E-state index in [0.29, 0.717) is 43.4 Å². The molecule has 2 aliphatic rings. The van der Waals surface area contributed by atoms with E-state index in [9.17, 15) is 9.59 Å². The number of pyridine rings is 1. The number of anilines is 3. The molecule has 1 saturated heterocycles. The summed E-state index contributed by atoms with van der Waals surface area (Å²) in [6.07, 6.45) is 1.30. The SMILES string of the molecule is Nc1cc(N2CCN(C(=O)N[C@H]3CCc4ccccc4NC3=O)CC2)c2ccc(Cl)cc2n1. The van der Waals surface area contributed by atoms with Crippen LogP contribution in [0.3, 0.4) is 0 Å². The van der Waals surface area contributed by atoms with Gasteiger partial charge in [-0.2, -0.15) is 0 Å². The Morgan fingerprint density at radius 2 is 1.91 bits per heavy atom. The molecule has 4 N–H and O–H groups in total. The zero-order valence-electron chi connectivity index (χ0n) is 18.1. The molecule has 2 aliphatic heterocycles. The number of hydrogen-bond donors (Lipinski definition) is 3. The number of para-hydroxylation sites is 1. The fourth-order valence-electron chi connectivity index (χ4n) is 4.50. The number of carbonyl (C=O) groups is 2. The predicted molar refractivity (Wildman–Crippen MR) is 131 cm³/mol. The van der Waals surface area contributed by atoms with Crippen LogP contribution in [0.25, 0.3) is 10.9 Å². The lowest BCUT2D eigenvalue weighted by atomic mass is 10.1. The fourth-order valence-corrected chi connectivity index (χ4v) is 4.67. The number of nitrogens with one attached hydrogen (secondary N) is 2. The number of nitrogen functional groups attached to an aromatic ring is 1. The van der Waals surface area contributed by atoms with E-state index < -0.39 is 6.04 Å². The lowest BCUT2D eigenvalue weighted by Gasteiger charge is -2.37. The summed E-state index contributed by atoms with van der Waals surface area (Å²) in [6.45, 7) is 2.38. The van der Waals surface area contributed by atoms with Gasteiger partial charge in [0.2, 0.25) is 5.91 Å². The van der Waals surface area contributed by atoms with Crippen molar-refractivity contribution in [2.24, 2.45) is 0 Å². The van der Waals surface area contributed by atoms with Crippen LogP contribution in [0.15, 0.2) is 48.5 Å². The molecule has 3 aromatic rings. The predicted octanol–water partition coefficient (Wildman–Crippen LogP) is 3.26. The van der Waals surface area contributed by atoms with Crippen LogP contribution in [0.4, 0.5) is 22.0 Å². The summed E-state index contributed by atoms with van der Waals surface area (Å²) in [4.78, 5) is 33.9. The molecule has 0 aliphatic carbocycles. The van der Waals surface area contributed by atoms with Crippen LogP contribution in [0.5, 0.6) is 0 Å². The first kappa shape index (κ1) is 21.3. The number of amides is 3. The van der Waals surface area contributed by atoms with Crippen LogP contribution in [0.1, 0.15) is 12.0 Å². The van der Waals surface area contributed by atoms with E-state index in [0.717, 1.165) is 34.3 Å². The second-order valence-corrected chi connectivity index (χ2v) is 8.83. The molecule has 170 valence electrons. The highest BCUT2D eigenvalue weighted by Gasteiger charge is 2.28. The fraction of sp³-hybridized carbons (Fsp3) is 0.292. The number of carbonyl (C=O) groups excluding carboxylic acids is 2. The third-order valence-corrected chi connectivity index (χ3v) is 6.50. The molecule has 0 unspecified atom stereocenters. The lowest BCUT2D eigenvalue weighted by Crippen LogP contribution is -2.55. The van der Waals surface area contributed by atoms with Crippen LogP contribution < -0.4 is 21.3 Å². The van der Waals surface area contributed by atoms with Gasteiger partial charge in [-0.3, -0.25) is 4.79 Å². The standard InChI is InChI=1S/C24H25ClN6O2/c25-16-6-7-17-20(13-16)27-22(26)14-21(17)30-9-11-31(12-10-30)24(33)29-19-8-5-15-3-1-2-4-18(15)28-23(19)32/h1-4,6-7,13-14,19H,5,8-12H2,(H2,26,27)(H,28,32)(H,29,33)/t19-/m0/s1. The van der Waals surface area contributed by atoms with Crippen molar-refractivity contribution in [3.63, 3.8) is 0 Å². The number of aryl methyl sites for hydroxylation is 1. The Balaban J connectivity index is 1.23. The van der Waals surface area contributed by atoms with E-state index >= 15 is 0 Å². The molecule has 9 heteroatoms. The number of benzene rings is 2. The number of piperazine rings is 1. The molecule has 33 heavy (non-hydrogen) atoms. The molecule has 0 spiro atoms. The van der Waals surface area contributed by atoms with E-state index in [4.69, 9.17) is 17.3 Å². The van der Waals surface area contributed by atoms with Crippen molar-refractivity contribution in [1.82, 2.24) is 15.2 Å². The highest BCUT2D eigenvalue weighted by molar-refractivity contribution is 6.31. The average Bonchev–Trinajstić information content (AvgIpc) is 2.96. The second kappa shape index (κ2) is 8.78. The highest BCUT2D eigenvalue weighted by atomic mass is 35.5. The number of rotatable bonds is 2. The monoisotopic (exact) mass is 464 g/mol. The Labute approximate surface area is 196 Å². The van der Waals surface area contributed by atoms with Crippen LogP contribution in [0.2, 0.25) is 5.02 Å². The molecule has 0 bridgehead atoms. The molecule has 2 aromatic carbocycles. The summed E-state index contributed by atoms with van der Waals surface area (Å²) >= 11 is 6.12. The molecular weight excluding hydrogens is 440 g/mol. The number of aromatic nitrogens is 1. The first-order chi connectivity index (χ1) is 16.0. The number of halogens is 1. The topological polar surface area (TPSA) is 104 Å². The zero-order chi connectivity index (χ0) is 22.9. The molecule has 3 heterocycles. The van der Waals surface area contributed by atoms with Crippen molar-refractivity contribution in [1.29, 1.82) is 0 Å². The van der Waals surface area contributed by atoms with Crippen molar-refractivity contribution >= 4 is 51.6 Å². The van der Waals surface area contributed by atoms with Crippen molar-refractivity contribution in [2.75, 3.05) is 42.1 Å². The minimum Gasteiger partial charge on any atom is -0.384 e. The quantitative estimate of drug-likeness (QED) is 0.540. The van der Waals surface area contributed by atoms with Crippen molar-refractivity contribution < 1.29 is 9.59 Å². The van der Waals surface area contributed by atoms with Crippen LogP contribution in [-0.2, 0) is 11.2 Å². The number of nitrogens with zero attached hydrogens (tertiary/aromatic N) is 3. The Hall–Kier alpha value is -3.52. The smallest absolute Gasteiger partial charge is 0.318 e. The maximum atomic E-state index is 12.9. The van der Waals surface area contributed by atoms with Gasteiger partial charge in [-0.05, 0) is 42.7 Å². The largest absolute Gasteiger partial charge is 0.384 e. The van der Waals surface area contributed by atoms with Crippen molar-refractivity contribution in [3.8, 4) is 0 Å². The van der Waals surface area contributed by atoms with Gasteiger partial charge in [-0.1, -0.05) is 29.8 Å². The van der Waals surface area contributed by atoms with E-state index in [1.165, 1.54) is 0 Å². The first-order valence-corrected chi connectivity index (χ1v) is 11.4. The summed E-state index contributed by atoms with van der Waals surface area (Å²) in [6, 6.07) is 14.4. The van der Waals surface area contributed by atoms with Gasteiger partial charge in [0.1, 0.15) is 11.9 Å². The van der Waals surface area contributed by atoms with Gasteiger partial charge in [0.05, 0.1) is 5.52 Å². The Morgan fingerprint density at radius 1 is 1.12 bits per heavy atom. The molecule has 1 fully saturated rings. The minimum absolute atomic E-state index is 0.177. The van der Waals surface area contributed by atoms with Crippen molar-refractivity contribution in [3.05, 3.63) is 59.1 Å². The summed E-state index contributed by atoms with van der Waals surface area (Å²) in [5.41, 5.74) is 9.66. The minimum atomic E-state index is -0.559. The maximum Gasteiger partial charge on any atom is 0.318 e.